The van der Waals surface area contributed by atoms with Crippen molar-refractivity contribution in [3.8, 4) is 24.7 Å². The van der Waals surface area contributed by atoms with E-state index in [1.54, 1.807) is 0 Å². The molecule has 0 rings (SSSR count). The second-order valence-corrected chi connectivity index (χ2v) is 8.47. The van der Waals surface area contributed by atoms with E-state index in [-0.39, 0.29) is 0 Å². The van der Waals surface area contributed by atoms with E-state index in [0.717, 1.165) is 12.1 Å². The summed E-state index contributed by atoms with van der Waals surface area (Å²) in [7, 11) is -1.27. The van der Waals surface area contributed by atoms with E-state index >= 15 is 0 Å². The molecule has 0 bridgehead atoms. The zero-order chi connectivity index (χ0) is 10.2. The highest BCUT2D eigenvalue weighted by Crippen LogP contribution is 2.27. The molecule has 0 spiro atoms. The van der Waals surface area contributed by atoms with Crippen LogP contribution in [0.4, 0.5) is 0 Å². The van der Waals surface area contributed by atoms with Gasteiger partial charge in [-0.15, -0.1) is 24.7 Å². The predicted octanol–water partition coefficient (Wildman–Crippen LogP) is 3.52. The molecule has 0 fully saturated rings. The van der Waals surface area contributed by atoms with E-state index in [4.69, 9.17) is 12.8 Å². The maximum atomic E-state index is 5.42. The quantitative estimate of drug-likeness (QED) is 0.446. The molecule has 0 aliphatic rings. The predicted molar refractivity (Wildman–Crippen MR) is 63.2 cm³/mol. The molecule has 0 aliphatic heterocycles. The summed E-state index contributed by atoms with van der Waals surface area (Å²) in [4.78, 5) is 0. The first-order valence-corrected chi connectivity index (χ1v) is 7.94. The summed E-state index contributed by atoms with van der Waals surface area (Å²) in [6.07, 6.45) is 13.3. The second kappa shape index (κ2) is 6.81. The van der Waals surface area contributed by atoms with Crippen molar-refractivity contribution in [3.05, 3.63) is 0 Å². The third kappa shape index (κ3) is 4.20. The van der Waals surface area contributed by atoms with Gasteiger partial charge in [-0.1, -0.05) is 38.8 Å². The standard InChI is InChI=1S/C12H20Si/c1-5-9-13(10-6-2,11-7-3)12-8-4/h1-2H,7-12H2,3-4H3. The van der Waals surface area contributed by atoms with Crippen LogP contribution in [0, 0.1) is 24.7 Å². The molecule has 0 nitrogen and oxygen atoms in total. The molecule has 0 amide bonds. The van der Waals surface area contributed by atoms with Gasteiger partial charge in [0.1, 0.15) is 0 Å². The van der Waals surface area contributed by atoms with Gasteiger partial charge in [0.25, 0.3) is 0 Å². The summed E-state index contributed by atoms with van der Waals surface area (Å²) >= 11 is 0. The first-order valence-electron chi connectivity index (χ1n) is 5.11. The Hall–Kier alpha value is -0.663. The molecule has 0 aromatic rings. The van der Waals surface area contributed by atoms with Crippen LogP contribution < -0.4 is 0 Å². The Bertz CT molecular complexity index is 180. The van der Waals surface area contributed by atoms with Crippen LogP contribution in [0.2, 0.25) is 24.2 Å². The van der Waals surface area contributed by atoms with Gasteiger partial charge in [0.15, 0.2) is 0 Å². The van der Waals surface area contributed by atoms with Gasteiger partial charge in [-0.2, -0.15) is 0 Å². The molecule has 1 heteroatoms. The van der Waals surface area contributed by atoms with Crippen LogP contribution >= 0.6 is 0 Å². The van der Waals surface area contributed by atoms with Crippen molar-refractivity contribution in [3.63, 3.8) is 0 Å². The lowest BCUT2D eigenvalue weighted by Crippen LogP contribution is -2.32. The number of hydrogen-bond donors (Lipinski definition) is 0. The van der Waals surface area contributed by atoms with E-state index in [9.17, 15) is 0 Å². The summed E-state index contributed by atoms with van der Waals surface area (Å²) in [5, 5.41) is 0. The fourth-order valence-electron chi connectivity index (χ4n) is 2.03. The molecule has 0 saturated carbocycles. The molecule has 0 heterocycles. The molecule has 0 radical (unpaired) electrons. The minimum Gasteiger partial charge on any atom is -0.120 e. The Morgan fingerprint density at radius 2 is 1.31 bits per heavy atom. The lowest BCUT2D eigenvalue weighted by atomic mass is 10.6. The normalized spacial score (nSPS) is 10.5. The van der Waals surface area contributed by atoms with Crippen LogP contribution in [0.3, 0.4) is 0 Å². The van der Waals surface area contributed by atoms with E-state index in [1.165, 1.54) is 24.9 Å². The molecule has 0 N–H and O–H groups in total. The van der Waals surface area contributed by atoms with Gasteiger partial charge in [-0.25, -0.2) is 0 Å². The van der Waals surface area contributed by atoms with Gasteiger partial charge >= 0.3 is 0 Å². The van der Waals surface area contributed by atoms with Crippen LogP contribution in [0.1, 0.15) is 26.7 Å². The highest BCUT2D eigenvalue weighted by molar-refractivity contribution is 6.81. The average molecular weight is 192 g/mol. The fourth-order valence-corrected chi connectivity index (χ4v) is 6.10. The van der Waals surface area contributed by atoms with Gasteiger partial charge in [-0.05, 0) is 0 Å². The Morgan fingerprint density at radius 1 is 0.923 bits per heavy atom. The number of hydrogen-bond acceptors (Lipinski definition) is 0. The molecule has 0 aromatic carbocycles. The third-order valence-electron chi connectivity index (χ3n) is 2.51. The van der Waals surface area contributed by atoms with Crippen molar-refractivity contribution in [2.24, 2.45) is 0 Å². The maximum Gasteiger partial charge on any atom is 0.0789 e. The van der Waals surface area contributed by atoms with Crippen LogP contribution in [0.5, 0.6) is 0 Å². The fraction of sp³-hybridized carbons (Fsp3) is 0.667. The smallest absolute Gasteiger partial charge is 0.0789 e. The Balaban J connectivity index is 4.41. The summed E-state index contributed by atoms with van der Waals surface area (Å²) in [6.45, 7) is 4.45. The lowest BCUT2D eigenvalue weighted by Gasteiger charge is -2.27. The Morgan fingerprint density at radius 3 is 1.54 bits per heavy atom. The van der Waals surface area contributed by atoms with E-state index in [0.29, 0.717) is 0 Å². The van der Waals surface area contributed by atoms with Crippen LogP contribution in [0.15, 0.2) is 0 Å². The monoisotopic (exact) mass is 192 g/mol. The summed E-state index contributed by atoms with van der Waals surface area (Å²) in [5.74, 6) is 5.66. The zero-order valence-corrected chi connectivity index (χ0v) is 9.90. The van der Waals surface area contributed by atoms with Crippen LogP contribution in [0.25, 0.3) is 0 Å². The molecule has 0 unspecified atom stereocenters. The highest BCUT2D eigenvalue weighted by atomic mass is 28.3. The van der Waals surface area contributed by atoms with Gasteiger partial charge in [0, 0.05) is 12.1 Å². The van der Waals surface area contributed by atoms with E-state index < -0.39 is 8.07 Å². The maximum absolute atomic E-state index is 5.42. The molecule has 72 valence electrons. The molecular weight excluding hydrogens is 172 g/mol. The third-order valence-corrected chi connectivity index (χ3v) is 7.54. The highest BCUT2D eigenvalue weighted by Gasteiger charge is 2.28. The van der Waals surface area contributed by atoms with Gasteiger partial charge < -0.3 is 0 Å². The molecular formula is C12H20Si. The van der Waals surface area contributed by atoms with Crippen molar-refractivity contribution >= 4 is 8.07 Å². The molecule has 0 saturated heterocycles. The van der Waals surface area contributed by atoms with E-state index in [2.05, 4.69) is 25.7 Å². The van der Waals surface area contributed by atoms with Gasteiger partial charge in [0.05, 0.1) is 8.07 Å². The number of terminal acetylenes is 2. The minimum atomic E-state index is -1.27. The zero-order valence-electron chi connectivity index (χ0n) is 8.90. The summed E-state index contributed by atoms with van der Waals surface area (Å²) in [6, 6.07) is 4.54. The molecule has 0 aromatic heterocycles. The number of rotatable bonds is 6. The minimum absolute atomic E-state index is 0.971. The van der Waals surface area contributed by atoms with Crippen molar-refractivity contribution in [1.82, 2.24) is 0 Å². The lowest BCUT2D eigenvalue weighted by molar-refractivity contribution is 0.966. The topological polar surface area (TPSA) is 0 Å². The molecule has 0 aliphatic carbocycles. The summed E-state index contributed by atoms with van der Waals surface area (Å²) in [5.41, 5.74) is 0. The van der Waals surface area contributed by atoms with Crippen molar-refractivity contribution in [1.29, 1.82) is 0 Å². The summed E-state index contributed by atoms with van der Waals surface area (Å²) < 4.78 is 0. The van der Waals surface area contributed by atoms with Crippen molar-refractivity contribution in [2.75, 3.05) is 0 Å². The SMILES string of the molecule is C#CC[Si](CC#C)(CCC)CCC. The van der Waals surface area contributed by atoms with E-state index in [1.807, 2.05) is 0 Å². The second-order valence-electron chi connectivity index (χ2n) is 3.76. The Kier molecular flexibility index (Phi) is 6.46. The van der Waals surface area contributed by atoms with Crippen LogP contribution in [-0.2, 0) is 0 Å². The Labute approximate surface area is 84.1 Å². The molecule has 0 atom stereocenters. The van der Waals surface area contributed by atoms with Gasteiger partial charge in [0.2, 0.25) is 0 Å². The van der Waals surface area contributed by atoms with Crippen LogP contribution in [-0.4, -0.2) is 8.07 Å². The first-order chi connectivity index (χ1) is 6.24. The average Bonchev–Trinajstić information content (AvgIpc) is 2.06. The van der Waals surface area contributed by atoms with Crippen molar-refractivity contribution < 1.29 is 0 Å². The molecule has 13 heavy (non-hydrogen) atoms. The van der Waals surface area contributed by atoms with Gasteiger partial charge in [-0.3, -0.25) is 0 Å². The largest absolute Gasteiger partial charge is 0.120 e. The first kappa shape index (κ1) is 12.3. The van der Waals surface area contributed by atoms with Crippen molar-refractivity contribution in [2.45, 2.75) is 50.9 Å².